The fraction of sp³-hybridized carbons (Fsp3) is 0.538. The maximum Gasteiger partial charge on any atom is 0.248 e. The Hall–Kier alpha value is -2.74. The van der Waals surface area contributed by atoms with Gasteiger partial charge in [-0.05, 0) is 56.3 Å². The summed E-state index contributed by atoms with van der Waals surface area (Å²) in [5.41, 5.74) is 3.69. The van der Waals surface area contributed by atoms with E-state index in [1.165, 1.54) is 19.3 Å². The first kappa shape index (κ1) is 23.0. The Kier molecular flexibility index (Phi) is 6.42. The Labute approximate surface area is 198 Å². The number of aromatic nitrogens is 4. The van der Waals surface area contributed by atoms with Crippen molar-refractivity contribution in [3.8, 4) is 11.3 Å². The van der Waals surface area contributed by atoms with E-state index in [1.54, 1.807) is 6.20 Å². The molecule has 1 aliphatic heterocycles. The molecule has 0 radical (unpaired) electrons. The average molecular weight is 468 g/mol. The van der Waals surface area contributed by atoms with Crippen LogP contribution in [-0.2, 0) is 24.8 Å². The van der Waals surface area contributed by atoms with Crippen LogP contribution in [0.25, 0.3) is 22.0 Å². The summed E-state index contributed by atoms with van der Waals surface area (Å²) in [7, 11) is 1.97. The van der Waals surface area contributed by atoms with Crippen LogP contribution in [-0.4, -0.2) is 49.4 Å². The summed E-state index contributed by atoms with van der Waals surface area (Å²) in [4.78, 5) is 24.3. The van der Waals surface area contributed by atoms with E-state index in [0.717, 1.165) is 47.4 Å². The lowest BCUT2D eigenvalue weighted by Gasteiger charge is -2.27. The second kappa shape index (κ2) is 9.49. The highest BCUT2D eigenvalue weighted by molar-refractivity contribution is 5.87. The van der Waals surface area contributed by atoms with Gasteiger partial charge >= 0.3 is 0 Å². The molecule has 1 aliphatic carbocycles. The van der Waals surface area contributed by atoms with E-state index >= 15 is 0 Å². The van der Waals surface area contributed by atoms with Gasteiger partial charge in [0.1, 0.15) is 5.78 Å². The van der Waals surface area contributed by atoms with E-state index in [2.05, 4.69) is 20.0 Å². The monoisotopic (exact) mass is 467 g/mol. The van der Waals surface area contributed by atoms with Crippen LogP contribution in [0.3, 0.4) is 0 Å². The number of pyridine rings is 2. The maximum atomic E-state index is 13.4. The molecule has 1 saturated carbocycles. The zero-order valence-corrected chi connectivity index (χ0v) is 19.6. The number of carbonyl (C=O) groups excluding carboxylic acids is 1. The van der Waals surface area contributed by atoms with Crippen molar-refractivity contribution < 1.29 is 13.6 Å². The Morgan fingerprint density at radius 3 is 2.53 bits per heavy atom. The van der Waals surface area contributed by atoms with Crippen LogP contribution in [0.1, 0.15) is 56.3 Å². The summed E-state index contributed by atoms with van der Waals surface area (Å²) in [6, 6.07) is 3.96. The van der Waals surface area contributed by atoms with Gasteiger partial charge in [0, 0.05) is 67.8 Å². The molecular formula is C26H31F2N5O. The van der Waals surface area contributed by atoms with Crippen molar-refractivity contribution in [1.82, 2.24) is 24.6 Å². The molecular weight excluding hydrogens is 436 g/mol. The number of carbonyl (C=O) groups is 1. The Morgan fingerprint density at radius 1 is 1.03 bits per heavy atom. The normalized spacial score (nSPS) is 19.5. The van der Waals surface area contributed by atoms with Crippen molar-refractivity contribution in [2.24, 2.45) is 13.0 Å². The molecule has 3 aromatic heterocycles. The first-order chi connectivity index (χ1) is 16.4. The van der Waals surface area contributed by atoms with Crippen LogP contribution in [0, 0.1) is 5.92 Å². The van der Waals surface area contributed by atoms with Crippen molar-refractivity contribution in [2.75, 3.05) is 13.1 Å². The number of rotatable bonds is 6. The SMILES string of the molecule is Cn1ncc(-c2cc3cc(CC(=O)C4CCC(F)(F)CC4)ncc3cn2)c1CN1CCCCC1. The van der Waals surface area contributed by atoms with Gasteiger partial charge in [-0.3, -0.25) is 24.3 Å². The van der Waals surface area contributed by atoms with Gasteiger partial charge in [-0.15, -0.1) is 0 Å². The first-order valence-corrected chi connectivity index (χ1v) is 12.3. The molecule has 0 N–H and O–H groups in total. The number of aryl methyl sites for hydroxylation is 1. The molecule has 1 saturated heterocycles. The van der Waals surface area contributed by atoms with Gasteiger partial charge in [-0.1, -0.05) is 6.42 Å². The molecule has 0 unspecified atom stereocenters. The fourth-order valence-electron chi connectivity index (χ4n) is 5.21. The third-order valence-electron chi connectivity index (χ3n) is 7.35. The molecule has 8 heteroatoms. The molecule has 34 heavy (non-hydrogen) atoms. The minimum Gasteiger partial charge on any atom is -0.299 e. The fourth-order valence-corrected chi connectivity index (χ4v) is 5.21. The van der Waals surface area contributed by atoms with E-state index in [9.17, 15) is 13.6 Å². The third kappa shape index (κ3) is 5.02. The van der Waals surface area contributed by atoms with E-state index in [0.29, 0.717) is 5.69 Å². The average Bonchev–Trinajstić information content (AvgIpc) is 3.19. The third-order valence-corrected chi connectivity index (χ3v) is 7.35. The van der Waals surface area contributed by atoms with Gasteiger partial charge in [-0.2, -0.15) is 5.10 Å². The van der Waals surface area contributed by atoms with Gasteiger partial charge in [0.05, 0.1) is 17.6 Å². The van der Waals surface area contributed by atoms with Crippen LogP contribution in [0.5, 0.6) is 0 Å². The largest absolute Gasteiger partial charge is 0.299 e. The quantitative estimate of drug-likeness (QED) is 0.513. The molecule has 0 amide bonds. The molecule has 0 atom stereocenters. The molecule has 180 valence electrons. The predicted molar refractivity (Wildman–Crippen MR) is 126 cm³/mol. The van der Waals surface area contributed by atoms with Crippen molar-refractivity contribution in [3.05, 3.63) is 42.1 Å². The molecule has 5 rings (SSSR count). The highest BCUT2D eigenvalue weighted by Crippen LogP contribution is 2.37. The summed E-state index contributed by atoms with van der Waals surface area (Å²) in [6.45, 7) is 3.07. The molecule has 4 heterocycles. The van der Waals surface area contributed by atoms with E-state index < -0.39 is 5.92 Å². The number of alkyl halides is 2. The predicted octanol–water partition coefficient (Wildman–Crippen LogP) is 4.95. The lowest BCUT2D eigenvalue weighted by Crippen LogP contribution is -2.30. The summed E-state index contributed by atoms with van der Waals surface area (Å²) < 4.78 is 28.8. The number of piperidine rings is 1. The van der Waals surface area contributed by atoms with Gasteiger partial charge in [0.25, 0.3) is 0 Å². The van der Waals surface area contributed by atoms with E-state index in [4.69, 9.17) is 0 Å². The molecule has 6 nitrogen and oxygen atoms in total. The Bertz CT molecular complexity index is 1180. The summed E-state index contributed by atoms with van der Waals surface area (Å²) in [5, 5.41) is 6.36. The smallest absolute Gasteiger partial charge is 0.248 e. The van der Waals surface area contributed by atoms with Crippen molar-refractivity contribution in [2.45, 2.75) is 63.8 Å². The number of fused-ring (bicyclic) bond motifs is 1. The first-order valence-electron chi connectivity index (χ1n) is 12.3. The zero-order valence-electron chi connectivity index (χ0n) is 19.6. The van der Waals surface area contributed by atoms with Gasteiger partial charge in [-0.25, -0.2) is 8.78 Å². The van der Waals surface area contributed by atoms with Crippen LogP contribution in [0.15, 0.2) is 30.7 Å². The second-order valence-corrected chi connectivity index (χ2v) is 9.83. The highest BCUT2D eigenvalue weighted by Gasteiger charge is 2.37. The molecule has 0 spiro atoms. The number of hydrogen-bond donors (Lipinski definition) is 0. The second-order valence-electron chi connectivity index (χ2n) is 9.83. The molecule has 2 aliphatic rings. The maximum absolute atomic E-state index is 13.4. The molecule has 0 bridgehead atoms. The summed E-state index contributed by atoms with van der Waals surface area (Å²) in [5.74, 6) is -2.91. The molecule has 0 aromatic carbocycles. The van der Waals surface area contributed by atoms with Crippen molar-refractivity contribution in [1.29, 1.82) is 0 Å². The highest BCUT2D eigenvalue weighted by atomic mass is 19.3. The number of nitrogens with zero attached hydrogens (tertiary/aromatic N) is 5. The van der Waals surface area contributed by atoms with Crippen LogP contribution in [0.2, 0.25) is 0 Å². The minimum absolute atomic E-state index is 0.00714. The number of Topliss-reactive ketones (excluding diaryl/α,β-unsaturated/α-hetero) is 1. The lowest BCUT2D eigenvalue weighted by atomic mass is 9.83. The van der Waals surface area contributed by atoms with Crippen LogP contribution in [0.4, 0.5) is 8.78 Å². The molecule has 2 fully saturated rings. The Morgan fingerprint density at radius 2 is 1.76 bits per heavy atom. The van der Waals surface area contributed by atoms with Crippen molar-refractivity contribution >= 4 is 16.6 Å². The van der Waals surface area contributed by atoms with Crippen molar-refractivity contribution in [3.63, 3.8) is 0 Å². The van der Waals surface area contributed by atoms with Crippen LogP contribution >= 0.6 is 0 Å². The lowest BCUT2D eigenvalue weighted by molar-refractivity contribution is -0.126. The zero-order chi connectivity index (χ0) is 23.7. The van der Waals surface area contributed by atoms with E-state index in [-0.39, 0.29) is 43.8 Å². The number of ketones is 1. The van der Waals surface area contributed by atoms with Crippen LogP contribution < -0.4 is 0 Å². The Balaban J connectivity index is 1.35. The summed E-state index contributed by atoms with van der Waals surface area (Å²) in [6.07, 6.45) is 9.48. The van der Waals surface area contributed by atoms with Gasteiger partial charge in [0.2, 0.25) is 5.92 Å². The topological polar surface area (TPSA) is 63.9 Å². The van der Waals surface area contributed by atoms with E-state index in [1.807, 2.05) is 36.3 Å². The van der Waals surface area contributed by atoms with Gasteiger partial charge in [0.15, 0.2) is 0 Å². The van der Waals surface area contributed by atoms with Gasteiger partial charge < -0.3 is 0 Å². The standard InChI is InChI=1S/C26H31F2N5O/c1-32-24(17-33-9-3-2-4-10-33)22(16-31-32)23-12-19-11-21(29-14-20(19)15-30-23)13-25(34)18-5-7-26(27,28)8-6-18/h11-12,14-16,18H,2-10,13,17H2,1H3. The number of hydrogen-bond acceptors (Lipinski definition) is 5. The number of likely N-dealkylation sites (tertiary alicyclic amines) is 1. The molecule has 3 aromatic rings. The summed E-state index contributed by atoms with van der Waals surface area (Å²) >= 11 is 0. The number of halogens is 2. The minimum atomic E-state index is -2.62.